The number of carbonyl (C=O) groups is 3. The zero-order chi connectivity index (χ0) is 19.6. The highest BCUT2D eigenvalue weighted by Crippen LogP contribution is 2.32. The van der Waals surface area contributed by atoms with Gasteiger partial charge in [-0.1, -0.05) is 6.92 Å². The second-order valence-electron chi connectivity index (χ2n) is 7.57. The first-order valence-corrected chi connectivity index (χ1v) is 9.40. The molecule has 2 aliphatic rings. The predicted octanol–water partition coefficient (Wildman–Crippen LogP) is 2.76. The zero-order valence-corrected chi connectivity index (χ0v) is 15.7. The lowest BCUT2D eigenvalue weighted by atomic mass is 9.87. The van der Waals surface area contributed by atoms with E-state index in [9.17, 15) is 14.4 Å². The number of aromatic carboxylic acids is 1. The molecule has 0 bridgehead atoms. The third kappa shape index (κ3) is 4.23. The van der Waals surface area contributed by atoms with Gasteiger partial charge in [-0.3, -0.25) is 9.59 Å². The summed E-state index contributed by atoms with van der Waals surface area (Å²) in [5, 5.41) is 11.8. The molecule has 1 aromatic carbocycles. The van der Waals surface area contributed by atoms with Gasteiger partial charge in [0.25, 0.3) is 0 Å². The number of methoxy groups -OCH3 is 1. The van der Waals surface area contributed by atoms with E-state index in [0.717, 1.165) is 25.7 Å². The third-order valence-electron chi connectivity index (χ3n) is 5.66. The smallest absolute Gasteiger partial charge is 0.335 e. The normalized spacial score (nSPS) is 25.3. The number of nitrogens with zero attached hydrogens (tertiary/aromatic N) is 1. The fraction of sp³-hybridized carbons (Fsp3) is 0.550. The van der Waals surface area contributed by atoms with E-state index in [1.807, 2.05) is 4.90 Å². The molecule has 2 fully saturated rings. The van der Waals surface area contributed by atoms with Crippen LogP contribution >= 0.6 is 0 Å². The van der Waals surface area contributed by atoms with Gasteiger partial charge in [-0.05, 0) is 49.8 Å². The molecule has 0 radical (unpaired) electrons. The number of anilines is 1. The van der Waals surface area contributed by atoms with Crippen molar-refractivity contribution in [3.63, 3.8) is 0 Å². The summed E-state index contributed by atoms with van der Waals surface area (Å²) in [7, 11) is 1.42. The standard InChI is InChI=1S/C20H26N2O5/c1-12-3-6-15(7-4-12)22-11-14(10-18(22)23)19(24)21-16-8-5-13(20(25)26)9-17(16)27-2/h5,8-9,12,14-15H,3-4,6-7,10-11H2,1-2H3,(H,21,24)(H,25,26). The lowest BCUT2D eigenvalue weighted by molar-refractivity contribution is -0.130. The number of carboxylic acid groups (broad SMARTS) is 1. The largest absolute Gasteiger partial charge is 0.495 e. The molecule has 7 nitrogen and oxygen atoms in total. The molecule has 7 heteroatoms. The van der Waals surface area contributed by atoms with Gasteiger partial charge in [0.2, 0.25) is 11.8 Å². The molecule has 1 heterocycles. The second-order valence-corrected chi connectivity index (χ2v) is 7.57. The highest BCUT2D eigenvalue weighted by molar-refractivity contribution is 5.99. The molecule has 0 spiro atoms. The minimum Gasteiger partial charge on any atom is -0.495 e. The van der Waals surface area contributed by atoms with Crippen LogP contribution < -0.4 is 10.1 Å². The number of nitrogens with one attached hydrogen (secondary N) is 1. The van der Waals surface area contributed by atoms with Gasteiger partial charge in [0.05, 0.1) is 24.3 Å². The number of carboxylic acids is 1. The van der Waals surface area contributed by atoms with Crippen LogP contribution in [0.1, 0.15) is 49.4 Å². The van der Waals surface area contributed by atoms with Gasteiger partial charge >= 0.3 is 5.97 Å². The van der Waals surface area contributed by atoms with Crippen molar-refractivity contribution in [2.24, 2.45) is 11.8 Å². The van der Waals surface area contributed by atoms with Crippen LogP contribution in [0, 0.1) is 11.8 Å². The molecule has 2 N–H and O–H groups in total. The average molecular weight is 374 g/mol. The van der Waals surface area contributed by atoms with E-state index < -0.39 is 11.9 Å². The Balaban J connectivity index is 1.65. The molecule has 1 atom stereocenters. The van der Waals surface area contributed by atoms with Gasteiger partial charge in [0.1, 0.15) is 5.75 Å². The minimum absolute atomic E-state index is 0.0443. The Hall–Kier alpha value is -2.57. The van der Waals surface area contributed by atoms with E-state index in [2.05, 4.69) is 12.2 Å². The first-order valence-electron chi connectivity index (χ1n) is 9.40. The summed E-state index contributed by atoms with van der Waals surface area (Å²) < 4.78 is 5.19. The number of hydrogen-bond acceptors (Lipinski definition) is 4. The Bertz CT molecular complexity index is 740. The summed E-state index contributed by atoms with van der Waals surface area (Å²) in [5.41, 5.74) is 0.489. The lowest BCUT2D eigenvalue weighted by Gasteiger charge is -2.33. The molecular weight excluding hydrogens is 348 g/mol. The monoisotopic (exact) mass is 374 g/mol. The van der Waals surface area contributed by atoms with Gasteiger partial charge in [0.15, 0.2) is 0 Å². The Kier molecular flexibility index (Phi) is 5.68. The summed E-state index contributed by atoms with van der Waals surface area (Å²) in [6.07, 6.45) is 4.47. The third-order valence-corrected chi connectivity index (χ3v) is 5.66. The maximum absolute atomic E-state index is 12.7. The predicted molar refractivity (Wildman–Crippen MR) is 99.8 cm³/mol. The van der Waals surface area contributed by atoms with Crippen molar-refractivity contribution in [3.8, 4) is 5.75 Å². The van der Waals surface area contributed by atoms with Crippen molar-refractivity contribution >= 4 is 23.5 Å². The number of carbonyl (C=O) groups excluding carboxylic acids is 2. The first kappa shape index (κ1) is 19.2. The Morgan fingerprint density at radius 2 is 1.93 bits per heavy atom. The number of hydrogen-bond donors (Lipinski definition) is 2. The van der Waals surface area contributed by atoms with Crippen LogP contribution in [0.4, 0.5) is 5.69 Å². The Morgan fingerprint density at radius 1 is 1.22 bits per heavy atom. The zero-order valence-electron chi connectivity index (χ0n) is 15.7. The van der Waals surface area contributed by atoms with Crippen molar-refractivity contribution in [1.29, 1.82) is 0 Å². The van der Waals surface area contributed by atoms with Crippen molar-refractivity contribution in [2.75, 3.05) is 19.0 Å². The summed E-state index contributed by atoms with van der Waals surface area (Å²) in [6, 6.07) is 4.54. The molecule has 1 aliphatic heterocycles. The summed E-state index contributed by atoms with van der Waals surface area (Å²) in [4.78, 5) is 38.0. The van der Waals surface area contributed by atoms with Crippen LogP contribution in [0.5, 0.6) is 5.75 Å². The van der Waals surface area contributed by atoms with Gasteiger partial charge in [0, 0.05) is 19.0 Å². The van der Waals surface area contributed by atoms with Gasteiger partial charge in [-0.2, -0.15) is 0 Å². The SMILES string of the molecule is COc1cc(C(=O)O)ccc1NC(=O)C1CC(=O)N(C2CCC(C)CC2)C1. The molecule has 2 amide bonds. The number of rotatable bonds is 5. The highest BCUT2D eigenvalue weighted by atomic mass is 16.5. The molecule has 0 aromatic heterocycles. The molecule has 146 valence electrons. The fourth-order valence-electron chi connectivity index (χ4n) is 3.98. The van der Waals surface area contributed by atoms with E-state index in [4.69, 9.17) is 9.84 Å². The van der Waals surface area contributed by atoms with Gasteiger partial charge in [-0.25, -0.2) is 4.79 Å². The van der Waals surface area contributed by atoms with Crippen molar-refractivity contribution < 1.29 is 24.2 Å². The topological polar surface area (TPSA) is 95.9 Å². The number of likely N-dealkylation sites (tertiary alicyclic amines) is 1. The number of amides is 2. The van der Waals surface area contributed by atoms with E-state index in [1.54, 1.807) is 0 Å². The van der Waals surface area contributed by atoms with E-state index in [0.29, 0.717) is 18.2 Å². The lowest BCUT2D eigenvalue weighted by Crippen LogP contribution is -2.39. The maximum atomic E-state index is 12.7. The molecular formula is C20H26N2O5. The summed E-state index contributed by atoms with van der Waals surface area (Å²) in [6.45, 7) is 2.68. The van der Waals surface area contributed by atoms with E-state index in [1.165, 1.54) is 25.3 Å². The second kappa shape index (κ2) is 7.98. The number of ether oxygens (including phenoxy) is 1. The van der Waals surface area contributed by atoms with Crippen molar-refractivity contribution in [2.45, 2.75) is 45.1 Å². The molecule has 3 rings (SSSR count). The highest BCUT2D eigenvalue weighted by Gasteiger charge is 2.38. The van der Waals surface area contributed by atoms with Crippen LogP contribution in [-0.2, 0) is 9.59 Å². The molecule has 1 aliphatic carbocycles. The first-order chi connectivity index (χ1) is 12.9. The molecule has 1 unspecified atom stereocenters. The number of benzene rings is 1. The summed E-state index contributed by atoms with van der Waals surface area (Å²) in [5.74, 6) is -0.671. The van der Waals surface area contributed by atoms with Gasteiger partial charge in [-0.15, -0.1) is 0 Å². The van der Waals surface area contributed by atoms with Crippen LogP contribution in [-0.4, -0.2) is 47.5 Å². The molecule has 1 aromatic rings. The minimum atomic E-state index is -1.06. The van der Waals surface area contributed by atoms with Crippen LogP contribution in [0.2, 0.25) is 0 Å². The summed E-state index contributed by atoms with van der Waals surface area (Å²) >= 11 is 0. The fourth-order valence-corrected chi connectivity index (χ4v) is 3.98. The molecule has 1 saturated carbocycles. The van der Waals surface area contributed by atoms with Crippen molar-refractivity contribution in [1.82, 2.24) is 4.90 Å². The van der Waals surface area contributed by atoms with E-state index >= 15 is 0 Å². The van der Waals surface area contributed by atoms with E-state index in [-0.39, 0.29) is 35.6 Å². The molecule has 1 saturated heterocycles. The van der Waals surface area contributed by atoms with Gasteiger partial charge < -0.3 is 20.1 Å². The Labute approximate surface area is 158 Å². The molecule has 27 heavy (non-hydrogen) atoms. The average Bonchev–Trinajstić information content (AvgIpc) is 3.04. The van der Waals surface area contributed by atoms with Crippen LogP contribution in [0.15, 0.2) is 18.2 Å². The van der Waals surface area contributed by atoms with Crippen LogP contribution in [0.25, 0.3) is 0 Å². The maximum Gasteiger partial charge on any atom is 0.335 e. The Morgan fingerprint density at radius 3 is 2.56 bits per heavy atom. The quantitative estimate of drug-likeness (QED) is 0.826. The van der Waals surface area contributed by atoms with Crippen molar-refractivity contribution in [3.05, 3.63) is 23.8 Å². The van der Waals surface area contributed by atoms with Crippen LogP contribution in [0.3, 0.4) is 0 Å².